The highest BCUT2D eigenvalue weighted by molar-refractivity contribution is 6.05. The Kier molecular flexibility index (Phi) is 3.82. The maximum atomic E-state index is 12.3. The highest BCUT2D eigenvalue weighted by atomic mass is 16.5. The van der Waals surface area contributed by atoms with Crippen molar-refractivity contribution >= 4 is 21.7 Å². The summed E-state index contributed by atoms with van der Waals surface area (Å²) < 4.78 is 16.4. The number of fused-ring (bicyclic) bond motifs is 3. The van der Waals surface area contributed by atoms with E-state index in [1.54, 1.807) is 13.2 Å². The van der Waals surface area contributed by atoms with E-state index in [1.807, 2.05) is 38.1 Å². The fraction of sp³-hybridized carbons (Fsp3) is 0.211. The standard InChI is InChI=1S/C19H18O4/c1-11(2)10-22-17-8-7-15-14-6-5-13(21-4)9-16(14)19(20)23-18(15)12(17)3/h5-9H,1,10H2,2-4H3. The first-order valence-electron chi connectivity index (χ1n) is 7.32. The summed E-state index contributed by atoms with van der Waals surface area (Å²) in [5, 5.41) is 2.22. The minimum atomic E-state index is -0.383. The third-order valence-corrected chi connectivity index (χ3v) is 3.76. The molecule has 1 aromatic heterocycles. The average molecular weight is 310 g/mol. The highest BCUT2D eigenvalue weighted by Gasteiger charge is 2.13. The van der Waals surface area contributed by atoms with Gasteiger partial charge in [-0.2, -0.15) is 0 Å². The Hall–Kier alpha value is -2.75. The molecule has 1 heterocycles. The Labute approximate surface area is 133 Å². The van der Waals surface area contributed by atoms with Crippen LogP contribution in [0.25, 0.3) is 21.7 Å². The first-order chi connectivity index (χ1) is 11.0. The highest BCUT2D eigenvalue weighted by Crippen LogP contribution is 2.32. The lowest BCUT2D eigenvalue weighted by molar-refractivity contribution is 0.350. The van der Waals surface area contributed by atoms with E-state index in [9.17, 15) is 4.79 Å². The van der Waals surface area contributed by atoms with Crippen LogP contribution in [0.4, 0.5) is 0 Å². The summed E-state index contributed by atoms with van der Waals surface area (Å²) in [6.45, 7) is 8.04. The zero-order valence-corrected chi connectivity index (χ0v) is 13.4. The average Bonchev–Trinajstić information content (AvgIpc) is 2.54. The van der Waals surface area contributed by atoms with Gasteiger partial charge in [0.15, 0.2) is 0 Å². The Morgan fingerprint density at radius 3 is 2.61 bits per heavy atom. The maximum absolute atomic E-state index is 12.3. The summed E-state index contributed by atoms with van der Waals surface area (Å²) in [5.74, 6) is 1.32. The minimum Gasteiger partial charge on any atom is -0.497 e. The molecule has 4 nitrogen and oxygen atoms in total. The molecule has 2 aromatic carbocycles. The van der Waals surface area contributed by atoms with Crippen molar-refractivity contribution in [2.75, 3.05) is 13.7 Å². The molecule has 0 N–H and O–H groups in total. The van der Waals surface area contributed by atoms with Crippen LogP contribution in [0, 0.1) is 6.92 Å². The summed E-state index contributed by atoms with van der Waals surface area (Å²) in [4.78, 5) is 12.3. The van der Waals surface area contributed by atoms with E-state index < -0.39 is 0 Å². The molecule has 0 fully saturated rings. The molecule has 0 spiro atoms. The molecule has 0 radical (unpaired) electrons. The lowest BCUT2D eigenvalue weighted by atomic mass is 10.0. The molecule has 3 aromatic rings. The van der Waals surface area contributed by atoms with E-state index in [0.717, 1.165) is 21.9 Å². The van der Waals surface area contributed by atoms with Gasteiger partial charge in [0.1, 0.15) is 23.7 Å². The molecule has 0 aliphatic carbocycles. The molecule has 0 unspecified atom stereocenters. The summed E-state index contributed by atoms with van der Waals surface area (Å²) >= 11 is 0. The fourth-order valence-corrected chi connectivity index (χ4v) is 2.58. The summed E-state index contributed by atoms with van der Waals surface area (Å²) in [5.41, 5.74) is 1.90. The summed E-state index contributed by atoms with van der Waals surface area (Å²) in [7, 11) is 1.57. The van der Waals surface area contributed by atoms with E-state index in [4.69, 9.17) is 13.9 Å². The second kappa shape index (κ2) is 5.80. The van der Waals surface area contributed by atoms with Crippen molar-refractivity contribution < 1.29 is 13.9 Å². The van der Waals surface area contributed by atoms with E-state index in [1.165, 1.54) is 0 Å². The molecular weight excluding hydrogens is 292 g/mol. The molecule has 3 rings (SSSR count). The second-order valence-electron chi connectivity index (χ2n) is 5.61. The molecular formula is C19H18O4. The first kappa shape index (κ1) is 15.2. The molecule has 118 valence electrons. The van der Waals surface area contributed by atoms with Gasteiger partial charge in [-0.05, 0) is 49.8 Å². The third-order valence-electron chi connectivity index (χ3n) is 3.76. The largest absolute Gasteiger partial charge is 0.497 e. The second-order valence-corrected chi connectivity index (χ2v) is 5.61. The van der Waals surface area contributed by atoms with Gasteiger partial charge < -0.3 is 13.9 Å². The van der Waals surface area contributed by atoms with Gasteiger partial charge in [-0.25, -0.2) is 4.79 Å². The number of aryl methyl sites for hydroxylation is 1. The van der Waals surface area contributed by atoms with E-state index in [0.29, 0.717) is 29.1 Å². The molecule has 0 saturated carbocycles. The van der Waals surface area contributed by atoms with Crippen molar-refractivity contribution in [3.05, 3.63) is 58.5 Å². The number of methoxy groups -OCH3 is 1. The normalized spacial score (nSPS) is 10.9. The molecule has 0 amide bonds. The van der Waals surface area contributed by atoms with Gasteiger partial charge in [-0.1, -0.05) is 6.58 Å². The summed E-state index contributed by atoms with van der Waals surface area (Å²) in [6.07, 6.45) is 0. The van der Waals surface area contributed by atoms with Crippen LogP contribution in [0.3, 0.4) is 0 Å². The van der Waals surface area contributed by atoms with Crippen LogP contribution in [-0.2, 0) is 0 Å². The lowest BCUT2D eigenvalue weighted by Crippen LogP contribution is -2.03. The van der Waals surface area contributed by atoms with Gasteiger partial charge in [0, 0.05) is 16.3 Å². The number of benzene rings is 2. The topological polar surface area (TPSA) is 48.7 Å². The fourth-order valence-electron chi connectivity index (χ4n) is 2.58. The van der Waals surface area contributed by atoms with Gasteiger partial charge in [-0.3, -0.25) is 0 Å². The van der Waals surface area contributed by atoms with Crippen molar-refractivity contribution in [2.24, 2.45) is 0 Å². The number of ether oxygens (including phenoxy) is 2. The van der Waals surface area contributed by atoms with Crippen molar-refractivity contribution in [1.29, 1.82) is 0 Å². The van der Waals surface area contributed by atoms with Crippen LogP contribution in [0.5, 0.6) is 11.5 Å². The van der Waals surface area contributed by atoms with E-state index in [-0.39, 0.29) is 5.63 Å². The quantitative estimate of drug-likeness (QED) is 0.411. The van der Waals surface area contributed by atoms with Gasteiger partial charge in [0.05, 0.1) is 12.5 Å². The first-order valence-corrected chi connectivity index (χ1v) is 7.32. The summed E-state index contributed by atoms with van der Waals surface area (Å²) in [6, 6.07) is 9.21. The van der Waals surface area contributed by atoms with Crippen LogP contribution < -0.4 is 15.1 Å². The predicted octanol–water partition coefficient (Wildman–Crippen LogP) is 4.22. The van der Waals surface area contributed by atoms with Crippen LogP contribution >= 0.6 is 0 Å². The molecule has 0 atom stereocenters. The predicted molar refractivity (Wildman–Crippen MR) is 91.6 cm³/mol. The Morgan fingerprint density at radius 2 is 1.91 bits per heavy atom. The minimum absolute atomic E-state index is 0.383. The number of hydrogen-bond acceptors (Lipinski definition) is 4. The van der Waals surface area contributed by atoms with Crippen molar-refractivity contribution in [3.63, 3.8) is 0 Å². The zero-order valence-electron chi connectivity index (χ0n) is 13.4. The number of hydrogen-bond donors (Lipinski definition) is 0. The van der Waals surface area contributed by atoms with Gasteiger partial charge in [0.2, 0.25) is 0 Å². The smallest absolute Gasteiger partial charge is 0.344 e. The van der Waals surface area contributed by atoms with Crippen LogP contribution in [-0.4, -0.2) is 13.7 Å². The molecule has 23 heavy (non-hydrogen) atoms. The van der Waals surface area contributed by atoms with Crippen LogP contribution in [0.15, 0.2) is 51.7 Å². The Balaban J connectivity index is 2.25. The Morgan fingerprint density at radius 1 is 1.17 bits per heavy atom. The SMILES string of the molecule is C=C(C)COc1ccc2c(oc(=O)c3cc(OC)ccc32)c1C. The molecule has 0 aliphatic rings. The monoisotopic (exact) mass is 310 g/mol. The maximum Gasteiger partial charge on any atom is 0.344 e. The Bertz CT molecular complexity index is 966. The zero-order chi connectivity index (χ0) is 16.6. The van der Waals surface area contributed by atoms with Gasteiger partial charge in [0.25, 0.3) is 0 Å². The van der Waals surface area contributed by atoms with E-state index in [2.05, 4.69) is 6.58 Å². The van der Waals surface area contributed by atoms with Crippen molar-refractivity contribution in [2.45, 2.75) is 13.8 Å². The van der Waals surface area contributed by atoms with Crippen molar-refractivity contribution in [3.8, 4) is 11.5 Å². The third kappa shape index (κ3) is 2.68. The van der Waals surface area contributed by atoms with E-state index >= 15 is 0 Å². The van der Waals surface area contributed by atoms with Crippen molar-refractivity contribution in [1.82, 2.24) is 0 Å². The molecule has 4 heteroatoms. The number of rotatable bonds is 4. The van der Waals surface area contributed by atoms with Crippen LogP contribution in [0.2, 0.25) is 0 Å². The van der Waals surface area contributed by atoms with Gasteiger partial charge >= 0.3 is 5.63 Å². The molecule has 0 bridgehead atoms. The van der Waals surface area contributed by atoms with Gasteiger partial charge in [-0.15, -0.1) is 0 Å². The van der Waals surface area contributed by atoms with Crippen LogP contribution in [0.1, 0.15) is 12.5 Å². The molecule has 0 aliphatic heterocycles. The molecule has 0 saturated heterocycles. The lowest BCUT2D eigenvalue weighted by Gasteiger charge is -2.12.